The fourth-order valence-electron chi connectivity index (χ4n) is 3.19. The van der Waals surface area contributed by atoms with Crippen LogP contribution >= 0.6 is 11.3 Å². The fourth-order valence-corrected chi connectivity index (χ4v) is 4.45. The summed E-state index contributed by atoms with van der Waals surface area (Å²) >= 11 is 1.52. The van der Waals surface area contributed by atoms with Crippen molar-refractivity contribution in [3.63, 3.8) is 0 Å². The summed E-state index contributed by atoms with van der Waals surface area (Å²) in [6.07, 6.45) is 5.49. The molecule has 0 spiro atoms. The standard InChI is InChI=1S/C19H14FN3OS/c20-14-7-3-1-5-11(14)9-12(10-21)17-22-18(24)16-13-6-2-4-8-15(13)25-19(16)23-17/h1,3,5,7,9H,2,4,6,8H2,(H,22,23,24)/b12-9+. The smallest absolute Gasteiger partial charge is 0.260 e. The molecule has 0 aliphatic heterocycles. The van der Waals surface area contributed by atoms with Gasteiger partial charge in [0.25, 0.3) is 5.56 Å². The van der Waals surface area contributed by atoms with Crippen molar-refractivity contribution in [2.24, 2.45) is 0 Å². The van der Waals surface area contributed by atoms with Crippen LogP contribution in [0, 0.1) is 17.1 Å². The van der Waals surface area contributed by atoms with E-state index in [1.54, 1.807) is 18.2 Å². The van der Waals surface area contributed by atoms with Crippen molar-refractivity contribution in [2.45, 2.75) is 25.7 Å². The van der Waals surface area contributed by atoms with Gasteiger partial charge in [-0.3, -0.25) is 4.79 Å². The zero-order valence-electron chi connectivity index (χ0n) is 13.3. The Morgan fingerprint density at radius 2 is 2.12 bits per heavy atom. The Hall–Kier alpha value is -2.78. The van der Waals surface area contributed by atoms with Crippen molar-refractivity contribution < 1.29 is 4.39 Å². The number of allylic oxidation sites excluding steroid dienone is 1. The topological polar surface area (TPSA) is 69.5 Å². The fraction of sp³-hybridized carbons (Fsp3) is 0.211. The lowest BCUT2D eigenvalue weighted by Crippen LogP contribution is -2.12. The molecule has 3 aromatic rings. The predicted molar refractivity (Wildman–Crippen MR) is 96.8 cm³/mol. The van der Waals surface area contributed by atoms with Gasteiger partial charge in [-0.05, 0) is 43.4 Å². The van der Waals surface area contributed by atoms with Gasteiger partial charge in [0.1, 0.15) is 16.7 Å². The third kappa shape index (κ3) is 2.77. The van der Waals surface area contributed by atoms with E-state index in [-0.39, 0.29) is 22.5 Å². The lowest BCUT2D eigenvalue weighted by molar-refractivity contribution is 0.625. The molecule has 0 bridgehead atoms. The Morgan fingerprint density at radius 1 is 1.32 bits per heavy atom. The normalized spacial score (nSPS) is 14.3. The van der Waals surface area contributed by atoms with Crippen LogP contribution < -0.4 is 5.56 Å². The van der Waals surface area contributed by atoms with Gasteiger partial charge in [0.15, 0.2) is 5.82 Å². The summed E-state index contributed by atoms with van der Waals surface area (Å²) in [5.41, 5.74) is 1.29. The van der Waals surface area contributed by atoms with Gasteiger partial charge in [0, 0.05) is 10.4 Å². The van der Waals surface area contributed by atoms with Gasteiger partial charge < -0.3 is 4.98 Å². The van der Waals surface area contributed by atoms with Crippen molar-refractivity contribution in [2.75, 3.05) is 0 Å². The van der Waals surface area contributed by atoms with E-state index in [1.807, 2.05) is 6.07 Å². The first-order chi connectivity index (χ1) is 12.2. The number of benzene rings is 1. The third-order valence-corrected chi connectivity index (χ3v) is 5.59. The van der Waals surface area contributed by atoms with E-state index in [0.29, 0.717) is 10.2 Å². The van der Waals surface area contributed by atoms with Crippen molar-refractivity contribution >= 4 is 33.2 Å². The van der Waals surface area contributed by atoms with E-state index in [1.165, 1.54) is 28.4 Å². The molecular formula is C19H14FN3OS. The number of rotatable bonds is 2. The molecule has 0 amide bonds. The number of nitrogens with zero attached hydrogens (tertiary/aromatic N) is 2. The Labute approximate surface area is 147 Å². The number of fused-ring (bicyclic) bond motifs is 3. The number of aromatic nitrogens is 2. The number of nitriles is 1. The molecule has 0 unspecified atom stereocenters. The van der Waals surface area contributed by atoms with E-state index in [4.69, 9.17) is 0 Å². The summed E-state index contributed by atoms with van der Waals surface area (Å²) in [6, 6.07) is 8.19. The number of halogens is 1. The number of aromatic amines is 1. The van der Waals surface area contributed by atoms with Crippen molar-refractivity contribution in [3.05, 3.63) is 62.3 Å². The monoisotopic (exact) mass is 351 g/mol. The summed E-state index contributed by atoms with van der Waals surface area (Å²) in [4.78, 5) is 21.6. The molecule has 2 aromatic heterocycles. The van der Waals surface area contributed by atoms with Gasteiger partial charge in [-0.25, -0.2) is 9.37 Å². The first-order valence-corrected chi connectivity index (χ1v) is 8.90. The summed E-state index contributed by atoms with van der Waals surface area (Å²) in [5, 5.41) is 10.1. The number of H-pyrrole nitrogens is 1. The quantitative estimate of drug-likeness (QED) is 0.708. The Morgan fingerprint density at radius 3 is 2.92 bits per heavy atom. The van der Waals surface area contributed by atoms with Crippen LogP contribution in [0.4, 0.5) is 4.39 Å². The lowest BCUT2D eigenvalue weighted by Gasteiger charge is -2.09. The number of aryl methyl sites for hydroxylation is 2. The molecule has 25 heavy (non-hydrogen) atoms. The second kappa shape index (κ2) is 6.26. The second-order valence-electron chi connectivity index (χ2n) is 6.00. The molecule has 4 nitrogen and oxygen atoms in total. The van der Waals surface area contributed by atoms with Crippen LogP contribution in [0.25, 0.3) is 21.9 Å². The van der Waals surface area contributed by atoms with Crippen LogP contribution in [-0.4, -0.2) is 9.97 Å². The second-order valence-corrected chi connectivity index (χ2v) is 7.08. The van der Waals surface area contributed by atoms with Crippen LogP contribution in [0.1, 0.15) is 34.7 Å². The first kappa shape index (κ1) is 15.7. The molecule has 1 aliphatic carbocycles. The predicted octanol–water partition coefficient (Wildman–Crippen LogP) is 4.07. The van der Waals surface area contributed by atoms with Gasteiger partial charge >= 0.3 is 0 Å². The number of nitrogens with one attached hydrogen (secondary N) is 1. The first-order valence-electron chi connectivity index (χ1n) is 8.08. The molecule has 0 saturated carbocycles. The highest BCUT2D eigenvalue weighted by molar-refractivity contribution is 7.18. The van der Waals surface area contributed by atoms with Crippen LogP contribution in [0.5, 0.6) is 0 Å². The summed E-state index contributed by atoms with van der Waals surface area (Å²) < 4.78 is 13.8. The maximum atomic E-state index is 13.8. The zero-order chi connectivity index (χ0) is 17.4. The van der Waals surface area contributed by atoms with E-state index in [9.17, 15) is 14.4 Å². The Kier molecular flexibility index (Phi) is 3.94. The van der Waals surface area contributed by atoms with Gasteiger partial charge in [-0.1, -0.05) is 18.2 Å². The van der Waals surface area contributed by atoms with Gasteiger partial charge in [0.05, 0.1) is 11.0 Å². The molecule has 0 atom stereocenters. The average Bonchev–Trinajstić information content (AvgIpc) is 3.00. The van der Waals surface area contributed by atoms with Crippen LogP contribution in [0.3, 0.4) is 0 Å². The molecular weight excluding hydrogens is 337 g/mol. The molecule has 0 fully saturated rings. The maximum Gasteiger partial charge on any atom is 0.260 e. The van der Waals surface area contributed by atoms with Crippen molar-refractivity contribution in [1.29, 1.82) is 5.26 Å². The summed E-state index contributed by atoms with van der Waals surface area (Å²) in [7, 11) is 0. The molecule has 124 valence electrons. The van der Waals surface area contributed by atoms with Gasteiger partial charge in [0.2, 0.25) is 0 Å². The maximum absolute atomic E-state index is 13.8. The number of hydrogen-bond acceptors (Lipinski definition) is 4. The van der Waals surface area contributed by atoms with Crippen LogP contribution in [0.2, 0.25) is 0 Å². The third-order valence-electron chi connectivity index (χ3n) is 4.41. The number of thiophene rings is 1. The SMILES string of the molecule is N#C/C(=C\c1ccccc1F)c1nc2sc3c(c2c(=O)[nH]1)CCCC3. The van der Waals surface area contributed by atoms with Gasteiger partial charge in [-0.15, -0.1) is 11.3 Å². The van der Waals surface area contributed by atoms with Gasteiger partial charge in [-0.2, -0.15) is 5.26 Å². The van der Waals surface area contributed by atoms with E-state index >= 15 is 0 Å². The highest BCUT2D eigenvalue weighted by Crippen LogP contribution is 2.34. The molecule has 6 heteroatoms. The highest BCUT2D eigenvalue weighted by Gasteiger charge is 2.20. The van der Waals surface area contributed by atoms with Crippen LogP contribution in [0.15, 0.2) is 29.1 Å². The highest BCUT2D eigenvalue weighted by atomic mass is 32.1. The average molecular weight is 351 g/mol. The minimum absolute atomic E-state index is 0.135. The lowest BCUT2D eigenvalue weighted by atomic mass is 9.97. The number of hydrogen-bond donors (Lipinski definition) is 1. The Bertz CT molecular complexity index is 1100. The summed E-state index contributed by atoms with van der Waals surface area (Å²) in [5.74, 6) is -0.243. The molecule has 1 aromatic carbocycles. The minimum Gasteiger partial charge on any atom is -0.305 e. The summed E-state index contributed by atoms with van der Waals surface area (Å²) in [6.45, 7) is 0. The largest absolute Gasteiger partial charge is 0.305 e. The van der Waals surface area contributed by atoms with E-state index in [2.05, 4.69) is 9.97 Å². The molecule has 4 rings (SSSR count). The molecule has 0 radical (unpaired) electrons. The van der Waals surface area contributed by atoms with Crippen molar-refractivity contribution in [1.82, 2.24) is 9.97 Å². The minimum atomic E-state index is -0.426. The van der Waals surface area contributed by atoms with E-state index in [0.717, 1.165) is 31.2 Å². The molecule has 1 aliphatic rings. The molecule has 1 N–H and O–H groups in total. The van der Waals surface area contributed by atoms with Crippen molar-refractivity contribution in [3.8, 4) is 6.07 Å². The molecule has 0 saturated heterocycles. The van der Waals surface area contributed by atoms with Crippen LogP contribution in [-0.2, 0) is 12.8 Å². The Balaban J connectivity index is 1.88. The zero-order valence-corrected chi connectivity index (χ0v) is 14.1. The molecule has 2 heterocycles. The van der Waals surface area contributed by atoms with E-state index < -0.39 is 5.82 Å².